The van der Waals surface area contributed by atoms with Crippen LogP contribution in [0.15, 0.2) is 30.3 Å². The van der Waals surface area contributed by atoms with E-state index in [9.17, 15) is 18.3 Å². The van der Waals surface area contributed by atoms with E-state index in [1.807, 2.05) is 0 Å². The molecule has 0 saturated carbocycles. The molecule has 5 heteroatoms. The number of aliphatic hydroxyl groups excluding tert-OH is 1. The molecule has 0 fully saturated rings. The summed E-state index contributed by atoms with van der Waals surface area (Å²) in [5.41, 5.74) is -2.34. The molecule has 0 heterocycles. The van der Waals surface area contributed by atoms with E-state index in [1.165, 1.54) is 0 Å². The highest BCUT2D eigenvalue weighted by atomic mass is 19.4. The van der Waals surface area contributed by atoms with E-state index in [0.29, 0.717) is 5.56 Å². The van der Waals surface area contributed by atoms with Crippen molar-refractivity contribution >= 4 is 0 Å². The molecule has 1 rings (SSSR count). The summed E-state index contributed by atoms with van der Waals surface area (Å²) in [4.78, 5) is 0. The molecule has 0 bridgehead atoms. The van der Waals surface area contributed by atoms with Gasteiger partial charge in [-0.05, 0) is 17.9 Å². The quantitative estimate of drug-likeness (QED) is 0.859. The van der Waals surface area contributed by atoms with Crippen molar-refractivity contribution in [3.8, 4) is 0 Å². The van der Waals surface area contributed by atoms with Crippen molar-refractivity contribution in [2.24, 2.45) is 0 Å². The summed E-state index contributed by atoms with van der Waals surface area (Å²) in [6, 6.07) is 8.59. The number of alkyl halides is 3. The largest absolute Gasteiger partial charge is 0.419 e. The molecular formula is C12H15F3O2. The topological polar surface area (TPSA) is 40.5 Å². The van der Waals surface area contributed by atoms with Crippen LogP contribution in [0.4, 0.5) is 13.2 Å². The Hall–Kier alpha value is -1.07. The van der Waals surface area contributed by atoms with Crippen LogP contribution in [0.5, 0.6) is 0 Å². The Morgan fingerprint density at radius 1 is 1.18 bits per heavy atom. The molecule has 0 aliphatic heterocycles. The number of benzene rings is 1. The first-order chi connectivity index (χ1) is 7.80. The SMILES string of the molecule is CC(CC(O)(CO)C(F)(F)F)c1ccccc1. The maximum Gasteiger partial charge on any atom is 0.419 e. The second kappa shape index (κ2) is 5.06. The first-order valence-electron chi connectivity index (χ1n) is 5.25. The van der Waals surface area contributed by atoms with Crippen molar-refractivity contribution < 1.29 is 23.4 Å². The van der Waals surface area contributed by atoms with Crippen LogP contribution in [-0.2, 0) is 0 Å². The standard InChI is InChI=1S/C12H15F3O2/c1-9(10-5-3-2-4-6-10)7-11(17,8-16)12(13,14)15/h2-6,9,16-17H,7-8H2,1H3. The van der Waals surface area contributed by atoms with Gasteiger partial charge >= 0.3 is 6.18 Å². The summed E-state index contributed by atoms with van der Waals surface area (Å²) in [5, 5.41) is 18.2. The van der Waals surface area contributed by atoms with E-state index in [4.69, 9.17) is 5.11 Å². The van der Waals surface area contributed by atoms with Gasteiger partial charge in [0.05, 0.1) is 6.61 Å². The highest BCUT2D eigenvalue weighted by Crippen LogP contribution is 2.37. The summed E-state index contributed by atoms with van der Waals surface area (Å²) >= 11 is 0. The van der Waals surface area contributed by atoms with Crippen LogP contribution in [0, 0.1) is 0 Å². The molecule has 0 spiro atoms. The van der Waals surface area contributed by atoms with E-state index in [0.717, 1.165) is 0 Å². The lowest BCUT2D eigenvalue weighted by molar-refractivity contribution is -0.274. The second-order valence-electron chi connectivity index (χ2n) is 4.20. The van der Waals surface area contributed by atoms with Gasteiger partial charge in [0.2, 0.25) is 0 Å². The van der Waals surface area contributed by atoms with E-state index >= 15 is 0 Å². The van der Waals surface area contributed by atoms with Crippen molar-refractivity contribution in [1.29, 1.82) is 0 Å². The van der Waals surface area contributed by atoms with Gasteiger partial charge in [0.1, 0.15) is 0 Å². The van der Waals surface area contributed by atoms with Gasteiger partial charge in [-0.15, -0.1) is 0 Å². The van der Waals surface area contributed by atoms with E-state index in [1.54, 1.807) is 37.3 Å². The van der Waals surface area contributed by atoms with Gasteiger partial charge in [0, 0.05) is 0 Å². The summed E-state index contributed by atoms with van der Waals surface area (Å²) in [5.74, 6) is -0.491. The van der Waals surface area contributed by atoms with Crippen LogP contribution in [-0.4, -0.2) is 28.6 Å². The number of aliphatic hydroxyl groups is 2. The minimum absolute atomic E-state index is 0.491. The van der Waals surface area contributed by atoms with Gasteiger partial charge < -0.3 is 10.2 Å². The van der Waals surface area contributed by atoms with Crippen molar-refractivity contribution in [3.05, 3.63) is 35.9 Å². The molecule has 0 aromatic heterocycles. The molecule has 1 aromatic carbocycles. The van der Waals surface area contributed by atoms with Crippen molar-refractivity contribution in [2.75, 3.05) is 6.61 Å². The highest BCUT2D eigenvalue weighted by Gasteiger charge is 2.53. The fourth-order valence-corrected chi connectivity index (χ4v) is 1.68. The van der Waals surface area contributed by atoms with E-state index < -0.39 is 30.7 Å². The fraction of sp³-hybridized carbons (Fsp3) is 0.500. The molecule has 0 saturated heterocycles. The first kappa shape index (κ1) is 14.0. The molecule has 0 aliphatic carbocycles. The third kappa shape index (κ3) is 3.20. The zero-order valence-corrected chi connectivity index (χ0v) is 9.41. The minimum Gasteiger partial charge on any atom is -0.393 e. The zero-order chi connectivity index (χ0) is 13.1. The van der Waals surface area contributed by atoms with Crippen LogP contribution in [0.2, 0.25) is 0 Å². The lowest BCUT2D eigenvalue weighted by atomic mass is 9.87. The predicted molar refractivity (Wildman–Crippen MR) is 57.6 cm³/mol. The van der Waals surface area contributed by atoms with Crippen molar-refractivity contribution in [2.45, 2.75) is 31.0 Å². The Morgan fingerprint density at radius 3 is 2.12 bits per heavy atom. The molecule has 2 nitrogen and oxygen atoms in total. The molecule has 0 aliphatic rings. The summed E-state index contributed by atoms with van der Waals surface area (Å²) in [6.07, 6.45) is -5.39. The Balaban J connectivity index is 2.83. The van der Waals surface area contributed by atoms with Crippen LogP contribution < -0.4 is 0 Å². The van der Waals surface area contributed by atoms with Crippen molar-refractivity contribution in [1.82, 2.24) is 0 Å². The average molecular weight is 248 g/mol. The van der Waals surface area contributed by atoms with Gasteiger partial charge in [-0.3, -0.25) is 0 Å². The Bertz CT molecular complexity index is 351. The number of halogens is 3. The maximum atomic E-state index is 12.6. The number of hydrogen-bond acceptors (Lipinski definition) is 2. The average Bonchev–Trinajstić information content (AvgIpc) is 2.28. The third-order valence-electron chi connectivity index (χ3n) is 2.80. The van der Waals surface area contributed by atoms with Crippen molar-refractivity contribution in [3.63, 3.8) is 0 Å². The molecular weight excluding hydrogens is 233 g/mol. The minimum atomic E-state index is -4.83. The van der Waals surface area contributed by atoms with Crippen LogP contribution in [0.3, 0.4) is 0 Å². The second-order valence-corrected chi connectivity index (χ2v) is 4.20. The molecule has 1 aromatic rings. The summed E-state index contributed by atoms with van der Waals surface area (Å²) in [6.45, 7) is 0.259. The molecule has 2 N–H and O–H groups in total. The van der Waals surface area contributed by atoms with E-state index in [-0.39, 0.29) is 0 Å². The normalized spacial score (nSPS) is 17.5. The van der Waals surface area contributed by atoms with Crippen LogP contribution in [0.1, 0.15) is 24.8 Å². The molecule has 17 heavy (non-hydrogen) atoms. The first-order valence-corrected chi connectivity index (χ1v) is 5.25. The maximum absolute atomic E-state index is 12.6. The van der Waals surface area contributed by atoms with Crippen LogP contribution >= 0.6 is 0 Å². The smallest absolute Gasteiger partial charge is 0.393 e. The molecule has 2 unspecified atom stereocenters. The predicted octanol–water partition coefficient (Wildman–Crippen LogP) is 2.47. The van der Waals surface area contributed by atoms with Crippen LogP contribution in [0.25, 0.3) is 0 Å². The number of rotatable bonds is 4. The molecule has 0 amide bonds. The zero-order valence-electron chi connectivity index (χ0n) is 9.41. The monoisotopic (exact) mass is 248 g/mol. The fourth-order valence-electron chi connectivity index (χ4n) is 1.68. The Labute approximate surface area is 97.7 Å². The highest BCUT2D eigenvalue weighted by molar-refractivity contribution is 5.19. The van der Waals surface area contributed by atoms with E-state index in [2.05, 4.69) is 0 Å². The lowest BCUT2D eigenvalue weighted by Gasteiger charge is -2.31. The lowest BCUT2D eigenvalue weighted by Crippen LogP contribution is -2.49. The van der Waals surface area contributed by atoms with Gasteiger partial charge in [-0.2, -0.15) is 13.2 Å². The number of hydrogen-bond donors (Lipinski definition) is 2. The van der Waals surface area contributed by atoms with Gasteiger partial charge in [-0.25, -0.2) is 0 Å². The third-order valence-corrected chi connectivity index (χ3v) is 2.80. The summed E-state index contributed by atoms with van der Waals surface area (Å²) < 4.78 is 37.7. The van der Waals surface area contributed by atoms with Gasteiger partial charge in [0.15, 0.2) is 5.60 Å². The van der Waals surface area contributed by atoms with Gasteiger partial charge in [0.25, 0.3) is 0 Å². The molecule has 96 valence electrons. The molecule has 0 radical (unpaired) electrons. The molecule has 2 atom stereocenters. The van der Waals surface area contributed by atoms with Gasteiger partial charge in [-0.1, -0.05) is 37.3 Å². The summed E-state index contributed by atoms with van der Waals surface area (Å²) in [7, 11) is 0. The Morgan fingerprint density at radius 2 is 1.71 bits per heavy atom. The Kier molecular flexibility index (Phi) is 4.16.